The first-order valence-electron chi connectivity index (χ1n) is 6.75. The zero-order valence-corrected chi connectivity index (χ0v) is 11.1. The van der Waals surface area contributed by atoms with Crippen molar-refractivity contribution in [2.24, 2.45) is 0 Å². The molecule has 2 aromatic rings. The molecular formula is C18H20O. The molecule has 0 aromatic heterocycles. The van der Waals surface area contributed by atoms with Crippen molar-refractivity contribution in [3.8, 4) is 11.1 Å². The molecule has 0 saturated heterocycles. The largest absolute Gasteiger partial charge is 0.388 e. The fraction of sp³-hybridized carbons (Fsp3) is 0.222. The molecular weight excluding hydrogens is 232 g/mol. The molecule has 1 N–H and O–H groups in total. The highest BCUT2D eigenvalue weighted by atomic mass is 16.3. The minimum atomic E-state index is -0.371. The Bertz CT molecular complexity index is 499. The number of hydrogen-bond donors (Lipinski definition) is 1. The molecule has 0 saturated carbocycles. The van der Waals surface area contributed by atoms with Gasteiger partial charge in [-0.3, -0.25) is 0 Å². The zero-order valence-electron chi connectivity index (χ0n) is 11.1. The van der Waals surface area contributed by atoms with Crippen molar-refractivity contribution in [2.45, 2.75) is 25.4 Å². The quantitative estimate of drug-likeness (QED) is 0.581. The second-order valence-electron chi connectivity index (χ2n) is 4.72. The summed E-state index contributed by atoms with van der Waals surface area (Å²) in [6.07, 6.45) is 4.25. The summed E-state index contributed by atoms with van der Waals surface area (Å²) in [6.45, 7) is 3.69. The Balaban J connectivity index is 2.04. The lowest BCUT2D eigenvalue weighted by Gasteiger charge is -2.11. The SMILES string of the molecule is C=CCCCC(O)c1ccc(-c2ccccc2)cc1. The van der Waals surface area contributed by atoms with Crippen molar-refractivity contribution in [2.75, 3.05) is 0 Å². The molecule has 1 unspecified atom stereocenters. The summed E-state index contributed by atoms with van der Waals surface area (Å²) < 4.78 is 0. The van der Waals surface area contributed by atoms with E-state index in [2.05, 4.69) is 30.8 Å². The number of unbranched alkanes of at least 4 members (excludes halogenated alkanes) is 1. The van der Waals surface area contributed by atoms with Crippen LogP contribution in [0.2, 0.25) is 0 Å². The number of rotatable bonds is 6. The Morgan fingerprint density at radius 2 is 1.58 bits per heavy atom. The van der Waals surface area contributed by atoms with Crippen molar-refractivity contribution in [3.05, 3.63) is 72.8 Å². The second-order valence-corrected chi connectivity index (χ2v) is 4.72. The third-order valence-corrected chi connectivity index (χ3v) is 3.29. The van der Waals surface area contributed by atoms with E-state index in [9.17, 15) is 5.11 Å². The summed E-state index contributed by atoms with van der Waals surface area (Å²) in [5, 5.41) is 10.1. The molecule has 0 fully saturated rings. The van der Waals surface area contributed by atoms with E-state index in [4.69, 9.17) is 0 Å². The summed E-state index contributed by atoms with van der Waals surface area (Å²) in [5.41, 5.74) is 3.38. The fourth-order valence-electron chi connectivity index (χ4n) is 2.15. The van der Waals surface area contributed by atoms with E-state index in [0.29, 0.717) is 0 Å². The molecule has 1 heteroatoms. The predicted molar refractivity (Wildman–Crippen MR) is 80.9 cm³/mol. The number of aliphatic hydroxyl groups excluding tert-OH is 1. The first-order chi connectivity index (χ1) is 9.31. The molecule has 0 radical (unpaired) electrons. The van der Waals surface area contributed by atoms with Gasteiger partial charge in [0, 0.05) is 0 Å². The van der Waals surface area contributed by atoms with Crippen LogP contribution in [0.3, 0.4) is 0 Å². The van der Waals surface area contributed by atoms with Gasteiger partial charge in [-0.2, -0.15) is 0 Å². The first-order valence-corrected chi connectivity index (χ1v) is 6.75. The van der Waals surface area contributed by atoms with Crippen LogP contribution in [0.5, 0.6) is 0 Å². The number of hydrogen-bond acceptors (Lipinski definition) is 1. The van der Waals surface area contributed by atoms with Crippen LogP contribution in [0.4, 0.5) is 0 Å². The van der Waals surface area contributed by atoms with Crippen molar-refractivity contribution in [3.63, 3.8) is 0 Å². The normalized spacial score (nSPS) is 12.1. The molecule has 0 spiro atoms. The van der Waals surface area contributed by atoms with Gasteiger partial charge in [0.1, 0.15) is 0 Å². The zero-order chi connectivity index (χ0) is 13.5. The summed E-state index contributed by atoms with van der Waals surface area (Å²) >= 11 is 0. The lowest BCUT2D eigenvalue weighted by atomic mass is 9.99. The van der Waals surface area contributed by atoms with Crippen LogP contribution in [0, 0.1) is 0 Å². The molecule has 2 rings (SSSR count). The molecule has 0 heterocycles. The van der Waals surface area contributed by atoms with Crippen LogP contribution in [-0.4, -0.2) is 5.11 Å². The van der Waals surface area contributed by atoms with Crippen LogP contribution >= 0.6 is 0 Å². The Morgan fingerprint density at radius 1 is 0.947 bits per heavy atom. The molecule has 0 aliphatic carbocycles. The van der Waals surface area contributed by atoms with Gasteiger partial charge < -0.3 is 5.11 Å². The average molecular weight is 252 g/mol. The highest BCUT2D eigenvalue weighted by Gasteiger charge is 2.06. The monoisotopic (exact) mass is 252 g/mol. The predicted octanol–water partition coefficient (Wildman–Crippen LogP) is 4.74. The van der Waals surface area contributed by atoms with Crippen LogP contribution in [0.15, 0.2) is 67.3 Å². The van der Waals surface area contributed by atoms with E-state index in [0.717, 1.165) is 24.8 Å². The molecule has 98 valence electrons. The summed E-state index contributed by atoms with van der Waals surface area (Å²) in [7, 11) is 0. The van der Waals surface area contributed by atoms with E-state index in [1.165, 1.54) is 11.1 Å². The standard InChI is InChI=1S/C18H20O/c1-2-3-5-10-18(19)17-13-11-16(12-14-17)15-8-6-4-7-9-15/h2,4,6-9,11-14,18-19H,1,3,5,10H2. The smallest absolute Gasteiger partial charge is 0.0790 e. The maximum absolute atomic E-state index is 10.1. The van der Waals surface area contributed by atoms with Gasteiger partial charge in [0.05, 0.1) is 6.10 Å². The summed E-state index contributed by atoms with van der Waals surface area (Å²) in [6, 6.07) is 18.4. The van der Waals surface area contributed by atoms with Crippen molar-refractivity contribution in [1.82, 2.24) is 0 Å². The minimum absolute atomic E-state index is 0.371. The lowest BCUT2D eigenvalue weighted by Crippen LogP contribution is -1.96. The van der Waals surface area contributed by atoms with E-state index in [1.54, 1.807) is 0 Å². The highest BCUT2D eigenvalue weighted by Crippen LogP contribution is 2.24. The number of aliphatic hydroxyl groups is 1. The second kappa shape index (κ2) is 6.91. The molecule has 19 heavy (non-hydrogen) atoms. The van der Waals surface area contributed by atoms with E-state index >= 15 is 0 Å². The maximum atomic E-state index is 10.1. The summed E-state index contributed by atoms with van der Waals surface area (Å²) in [5.74, 6) is 0. The number of allylic oxidation sites excluding steroid dienone is 1. The van der Waals surface area contributed by atoms with Gasteiger partial charge in [-0.15, -0.1) is 6.58 Å². The van der Waals surface area contributed by atoms with Crippen molar-refractivity contribution < 1.29 is 5.11 Å². The van der Waals surface area contributed by atoms with Gasteiger partial charge in [0.2, 0.25) is 0 Å². The van der Waals surface area contributed by atoms with Gasteiger partial charge in [0.25, 0.3) is 0 Å². The topological polar surface area (TPSA) is 20.2 Å². The Morgan fingerprint density at radius 3 is 2.21 bits per heavy atom. The van der Waals surface area contributed by atoms with Crippen LogP contribution in [-0.2, 0) is 0 Å². The van der Waals surface area contributed by atoms with Gasteiger partial charge in [-0.1, -0.05) is 60.7 Å². The van der Waals surface area contributed by atoms with Crippen LogP contribution < -0.4 is 0 Å². The first kappa shape index (κ1) is 13.6. The molecule has 0 amide bonds. The van der Waals surface area contributed by atoms with E-state index < -0.39 is 0 Å². The fourth-order valence-corrected chi connectivity index (χ4v) is 2.15. The molecule has 1 atom stereocenters. The molecule has 2 aromatic carbocycles. The Hall–Kier alpha value is -1.86. The Labute approximate surface area is 115 Å². The van der Waals surface area contributed by atoms with Crippen molar-refractivity contribution in [1.29, 1.82) is 0 Å². The summed E-state index contributed by atoms with van der Waals surface area (Å²) in [4.78, 5) is 0. The minimum Gasteiger partial charge on any atom is -0.388 e. The maximum Gasteiger partial charge on any atom is 0.0790 e. The molecule has 0 bridgehead atoms. The molecule has 1 nitrogen and oxygen atoms in total. The average Bonchev–Trinajstić information content (AvgIpc) is 2.48. The third kappa shape index (κ3) is 3.80. The molecule has 0 aliphatic rings. The lowest BCUT2D eigenvalue weighted by molar-refractivity contribution is 0.165. The molecule has 0 aliphatic heterocycles. The third-order valence-electron chi connectivity index (χ3n) is 3.29. The number of benzene rings is 2. The van der Waals surface area contributed by atoms with E-state index in [1.807, 2.05) is 36.4 Å². The van der Waals surface area contributed by atoms with Crippen molar-refractivity contribution >= 4 is 0 Å². The van der Waals surface area contributed by atoms with Crippen LogP contribution in [0.1, 0.15) is 30.9 Å². The van der Waals surface area contributed by atoms with E-state index in [-0.39, 0.29) is 6.10 Å². The van der Waals surface area contributed by atoms with Gasteiger partial charge >= 0.3 is 0 Å². The Kier molecular flexibility index (Phi) is 4.93. The van der Waals surface area contributed by atoms with Gasteiger partial charge in [-0.05, 0) is 36.0 Å². The van der Waals surface area contributed by atoms with Gasteiger partial charge in [0.15, 0.2) is 0 Å². The van der Waals surface area contributed by atoms with Crippen LogP contribution in [0.25, 0.3) is 11.1 Å². The highest BCUT2D eigenvalue weighted by molar-refractivity contribution is 5.63. The van der Waals surface area contributed by atoms with Gasteiger partial charge in [-0.25, -0.2) is 0 Å².